The molecular weight excluding hydrogens is 188 g/mol. The molecule has 2 heteroatoms. The molecule has 0 unspecified atom stereocenters. The van der Waals surface area contributed by atoms with E-state index in [9.17, 15) is 4.79 Å². The number of terminal acetylenes is 1. The summed E-state index contributed by atoms with van der Waals surface area (Å²) in [4.78, 5) is 11.1. The van der Waals surface area contributed by atoms with Gasteiger partial charge < -0.3 is 4.74 Å². The number of ether oxygens (including phenoxy) is 1. The van der Waals surface area contributed by atoms with Gasteiger partial charge in [0.25, 0.3) is 0 Å². The molecule has 78 valence electrons. The minimum absolute atomic E-state index is 0.154. The van der Waals surface area contributed by atoms with Crippen LogP contribution in [0.15, 0.2) is 24.3 Å². The number of esters is 1. The molecule has 0 N–H and O–H groups in total. The molecule has 0 aromatic heterocycles. The van der Waals surface area contributed by atoms with Crippen molar-refractivity contribution in [2.24, 2.45) is 0 Å². The van der Waals surface area contributed by atoms with Crippen LogP contribution < -0.4 is 0 Å². The van der Waals surface area contributed by atoms with E-state index < -0.39 is 0 Å². The van der Waals surface area contributed by atoms with Crippen LogP contribution in [0.2, 0.25) is 0 Å². The summed E-state index contributed by atoms with van der Waals surface area (Å²) < 4.78 is 4.84. The Morgan fingerprint density at radius 1 is 1.40 bits per heavy atom. The Hall–Kier alpha value is -1.75. The zero-order valence-corrected chi connectivity index (χ0v) is 8.82. The Kier molecular flexibility index (Phi) is 4.43. The first-order valence-electron chi connectivity index (χ1n) is 4.97. The summed E-state index contributed by atoms with van der Waals surface area (Å²) >= 11 is 0. The number of rotatable bonds is 4. The molecule has 0 atom stereocenters. The molecule has 0 saturated carbocycles. The van der Waals surface area contributed by atoms with E-state index >= 15 is 0 Å². The Labute approximate surface area is 90.3 Å². The van der Waals surface area contributed by atoms with Crippen LogP contribution in [0.25, 0.3) is 0 Å². The number of aryl methyl sites for hydroxylation is 1. The first-order valence-corrected chi connectivity index (χ1v) is 4.97. The van der Waals surface area contributed by atoms with E-state index in [1.165, 1.54) is 0 Å². The van der Waals surface area contributed by atoms with Crippen molar-refractivity contribution in [3.63, 3.8) is 0 Å². The molecule has 0 aliphatic carbocycles. The maximum absolute atomic E-state index is 11.1. The molecule has 0 aliphatic rings. The summed E-state index contributed by atoms with van der Waals surface area (Å²) in [5, 5.41) is 0. The Bertz CT molecular complexity index is 357. The highest BCUT2D eigenvalue weighted by atomic mass is 16.5. The van der Waals surface area contributed by atoms with E-state index in [1.807, 2.05) is 24.3 Å². The number of hydrogen-bond donors (Lipinski definition) is 0. The van der Waals surface area contributed by atoms with E-state index in [0.29, 0.717) is 19.4 Å². The quantitative estimate of drug-likeness (QED) is 0.552. The highest BCUT2D eigenvalue weighted by Gasteiger charge is 2.01. The minimum atomic E-state index is -0.154. The van der Waals surface area contributed by atoms with Gasteiger partial charge in [-0.2, -0.15) is 0 Å². The first-order chi connectivity index (χ1) is 7.26. The van der Waals surface area contributed by atoms with Crippen LogP contribution in [0.3, 0.4) is 0 Å². The lowest BCUT2D eigenvalue weighted by Crippen LogP contribution is -2.05. The van der Waals surface area contributed by atoms with Gasteiger partial charge in [-0.25, -0.2) is 0 Å². The molecular formula is C13H14O2. The van der Waals surface area contributed by atoms with E-state index in [-0.39, 0.29) is 5.97 Å². The number of carbonyl (C=O) groups excluding carboxylic acids is 1. The van der Waals surface area contributed by atoms with Gasteiger partial charge in [0.05, 0.1) is 6.61 Å². The predicted octanol–water partition coefficient (Wildman–Crippen LogP) is 2.16. The fraction of sp³-hybridized carbons (Fsp3) is 0.308. The van der Waals surface area contributed by atoms with Crippen LogP contribution in [0.1, 0.15) is 24.5 Å². The predicted molar refractivity (Wildman–Crippen MR) is 59.3 cm³/mol. The van der Waals surface area contributed by atoms with Crippen LogP contribution in [-0.4, -0.2) is 12.6 Å². The van der Waals surface area contributed by atoms with Crippen LogP contribution >= 0.6 is 0 Å². The number of benzene rings is 1. The third kappa shape index (κ3) is 3.86. The highest BCUT2D eigenvalue weighted by molar-refractivity contribution is 5.69. The summed E-state index contributed by atoms with van der Waals surface area (Å²) in [5.74, 6) is 2.39. The summed E-state index contributed by atoms with van der Waals surface area (Å²) in [5.41, 5.74) is 1.96. The molecule has 0 aliphatic heterocycles. The highest BCUT2D eigenvalue weighted by Crippen LogP contribution is 2.06. The van der Waals surface area contributed by atoms with Gasteiger partial charge in [-0.3, -0.25) is 4.79 Å². The first kappa shape index (κ1) is 11.3. The second-order valence-corrected chi connectivity index (χ2v) is 3.15. The van der Waals surface area contributed by atoms with E-state index in [1.54, 1.807) is 6.92 Å². The van der Waals surface area contributed by atoms with Gasteiger partial charge in [0.15, 0.2) is 0 Å². The Morgan fingerprint density at radius 3 is 2.60 bits per heavy atom. The van der Waals surface area contributed by atoms with Crippen molar-refractivity contribution in [2.45, 2.75) is 19.8 Å². The maximum atomic E-state index is 11.1. The average Bonchev–Trinajstić information content (AvgIpc) is 2.27. The molecule has 1 aromatic rings. The van der Waals surface area contributed by atoms with Gasteiger partial charge in [0.1, 0.15) is 0 Å². The number of carbonyl (C=O) groups is 1. The van der Waals surface area contributed by atoms with Crippen LogP contribution in [0.5, 0.6) is 0 Å². The lowest BCUT2D eigenvalue weighted by Gasteiger charge is -2.02. The fourth-order valence-electron chi connectivity index (χ4n) is 1.25. The standard InChI is InChI=1S/C13H14O2/c1-3-11-5-7-12(8-6-11)9-10-13(14)15-4-2/h1,5-8H,4,9-10H2,2H3. The smallest absolute Gasteiger partial charge is 0.306 e. The van der Waals surface area contributed by atoms with Crippen molar-refractivity contribution < 1.29 is 9.53 Å². The van der Waals surface area contributed by atoms with Crippen LogP contribution in [0, 0.1) is 12.3 Å². The van der Waals surface area contributed by atoms with E-state index in [4.69, 9.17) is 11.2 Å². The van der Waals surface area contributed by atoms with Crippen LogP contribution in [-0.2, 0) is 16.0 Å². The third-order valence-electron chi connectivity index (χ3n) is 2.04. The molecule has 2 nitrogen and oxygen atoms in total. The van der Waals surface area contributed by atoms with Gasteiger partial charge >= 0.3 is 5.97 Å². The van der Waals surface area contributed by atoms with Crippen molar-refractivity contribution in [3.05, 3.63) is 35.4 Å². The van der Waals surface area contributed by atoms with Crippen LogP contribution in [0.4, 0.5) is 0 Å². The third-order valence-corrected chi connectivity index (χ3v) is 2.04. The van der Waals surface area contributed by atoms with E-state index in [0.717, 1.165) is 11.1 Å². The molecule has 0 heterocycles. The maximum Gasteiger partial charge on any atom is 0.306 e. The number of hydrogen-bond acceptors (Lipinski definition) is 2. The normalized spacial score (nSPS) is 9.33. The van der Waals surface area contributed by atoms with Gasteiger partial charge in [0, 0.05) is 12.0 Å². The molecule has 0 saturated heterocycles. The second-order valence-electron chi connectivity index (χ2n) is 3.15. The SMILES string of the molecule is C#Cc1ccc(CCC(=O)OCC)cc1. The summed E-state index contributed by atoms with van der Waals surface area (Å²) in [6.07, 6.45) is 6.36. The fourth-order valence-corrected chi connectivity index (χ4v) is 1.25. The van der Waals surface area contributed by atoms with Crippen molar-refractivity contribution in [3.8, 4) is 12.3 Å². The molecule has 0 bridgehead atoms. The molecule has 0 amide bonds. The van der Waals surface area contributed by atoms with Gasteiger partial charge in [0.2, 0.25) is 0 Å². The van der Waals surface area contributed by atoms with Crippen molar-refractivity contribution in [2.75, 3.05) is 6.61 Å². The van der Waals surface area contributed by atoms with Crippen molar-refractivity contribution in [1.82, 2.24) is 0 Å². The van der Waals surface area contributed by atoms with Gasteiger partial charge in [-0.05, 0) is 31.0 Å². The molecule has 15 heavy (non-hydrogen) atoms. The topological polar surface area (TPSA) is 26.3 Å². The lowest BCUT2D eigenvalue weighted by atomic mass is 10.1. The minimum Gasteiger partial charge on any atom is -0.466 e. The molecule has 1 aromatic carbocycles. The molecule has 0 fully saturated rings. The monoisotopic (exact) mass is 202 g/mol. The zero-order chi connectivity index (χ0) is 11.1. The Morgan fingerprint density at radius 2 is 2.07 bits per heavy atom. The van der Waals surface area contributed by atoms with Gasteiger partial charge in [-0.15, -0.1) is 6.42 Å². The Balaban J connectivity index is 2.45. The summed E-state index contributed by atoms with van der Waals surface area (Å²) in [7, 11) is 0. The zero-order valence-electron chi connectivity index (χ0n) is 8.82. The molecule has 0 radical (unpaired) electrons. The summed E-state index contributed by atoms with van der Waals surface area (Å²) in [6.45, 7) is 2.24. The largest absolute Gasteiger partial charge is 0.466 e. The van der Waals surface area contributed by atoms with Crippen molar-refractivity contribution >= 4 is 5.97 Å². The summed E-state index contributed by atoms with van der Waals surface area (Å²) in [6, 6.07) is 7.63. The second kappa shape index (κ2) is 5.87. The van der Waals surface area contributed by atoms with E-state index in [2.05, 4.69) is 5.92 Å². The molecule has 0 spiro atoms. The van der Waals surface area contributed by atoms with Gasteiger partial charge in [-0.1, -0.05) is 18.1 Å². The van der Waals surface area contributed by atoms with Crippen molar-refractivity contribution in [1.29, 1.82) is 0 Å². The lowest BCUT2D eigenvalue weighted by molar-refractivity contribution is -0.143. The molecule has 1 rings (SSSR count). The average molecular weight is 202 g/mol.